The van der Waals surface area contributed by atoms with Crippen LogP contribution in [0.2, 0.25) is 0 Å². The minimum absolute atomic E-state index is 0.0739. The van der Waals surface area contributed by atoms with Gasteiger partial charge in [-0.3, -0.25) is 4.68 Å². The zero-order valence-electron chi connectivity index (χ0n) is 11.6. The molecule has 0 spiro atoms. The second-order valence-corrected chi connectivity index (χ2v) is 5.64. The first-order valence-corrected chi connectivity index (χ1v) is 6.24. The molecule has 98 valence electrons. The van der Waals surface area contributed by atoms with E-state index in [2.05, 4.69) is 17.3 Å². The number of aliphatic hydroxyl groups is 1. The summed E-state index contributed by atoms with van der Waals surface area (Å²) in [6.45, 7) is 9.62. The summed E-state index contributed by atoms with van der Waals surface area (Å²) in [5, 5.41) is 17.6. The number of hydrogen-bond acceptors (Lipinski definition) is 3. The van der Waals surface area contributed by atoms with E-state index in [1.54, 1.807) is 0 Å². The lowest BCUT2D eigenvalue weighted by molar-refractivity contribution is 0.0627. The van der Waals surface area contributed by atoms with Crippen molar-refractivity contribution < 1.29 is 5.11 Å². The molecule has 0 aliphatic rings. The van der Waals surface area contributed by atoms with E-state index in [4.69, 9.17) is 0 Å². The molecule has 1 unspecified atom stereocenters. The van der Waals surface area contributed by atoms with Gasteiger partial charge >= 0.3 is 0 Å². The van der Waals surface area contributed by atoms with E-state index in [1.165, 1.54) is 5.56 Å². The fraction of sp³-hybridized carbons (Fsp3) is 0.769. The van der Waals surface area contributed by atoms with Crippen LogP contribution in [0.1, 0.15) is 39.0 Å². The van der Waals surface area contributed by atoms with Crippen molar-refractivity contribution in [3.63, 3.8) is 0 Å². The lowest BCUT2D eigenvalue weighted by Crippen LogP contribution is -2.36. The highest BCUT2D eigenvalue weighted by atomic mass is 16.3. The van der Waals surface area contributed by atoms with Crippen LogP contribution in [0.5, 0.6) is 0 Å². The van der Waals surface area contributed by atoms with Crippen molar-refractivity contribution in [2.75, 3.05) is 6.54 Å². The van der Waals surface area contributed by atoms with Crippen molar-refractivity contribution in [2.45, 2.75) is 46.8 Å². The second kappa shape index (κ2) is 5.65. The van der Waals surface area contributed by atoms with E-state index in [1.807, 2.05) is 38.7 Å². The molecule has 0 radical (unpaired) electrons. The minimum atomic E-state index is -0.329. The third-order valence-corrected chi connectivity index (χ3v) is 2.98. The molecule has 0 bridgehead atoms. The van der Waals surface area contributed by atoms with Gasteiger partial charge in [-0.05, 0) is 11.8 Å². The summed E-state index contributed by atoms with van der Waals surface area (Å²) in [6, 6.07) is 0. The molecule has 0 aromatic carbocycles. The van der Waals surface area contributed by atoms with E-state index in [0.717, 1.165) is 18.7 Å². The fourth-order valence-corrected chi connectivity index (χ4v) is 1.68. The van der Waals surface area contributed by atoms with Gasteiger partial charge in [-0.15, -0.1) is 0 Å². The van der Waals surface area contributed by atoms with Crippen LogP contribution in [0, 0.1) is 5.41 Å². The molecule has 0 aliphatic heterocycles. The number of aliphatic hydroxyl groups excluding tert-OH is 1. The molecule has 1 atom stereocenters. The SMILES string of the molecule is CCc1nn(C)cc1CNCC(O)C(C)(C)C. The van der Waals surface area contributed by atoms with Crippen molar-refractivity contribution >= 4 is 0 Å². The number of nitrogens with zero attached hydrogens (tertiary/aromatic N) is 2. The maximum atomic E-state index is 9.91. The molecular formula is C13H25N3O. The molecule has 4 nitrogen and oxygen atoms in total. The monoisotopic (exact) mass is 239 g/mol. The van der Waals surface area contributed by atoms with E-state index in [0.29, 0.717) is 6.54 Å². The van der Waals surface area contributed by atoms with E-state index < -0.39 is 0 Å². The van der Waals surface area contributed by atoms with Crippen molar-refractivity contribution in [1.82, 2.24) is 15.1 Å². The van der Waals surface area contributed by atoms with Gasteiger partial charge in [0, 0.05) is 31.9 Å². The molecule has 17 heavy (non-hydrogen) atoms. The standard InChI is InChI=1S/C13H25N3O/c1-6-11-10(9-16(5)15-11)7-14-8-12(17)13(2,3)4/h9,12,14,17H,6-8H2,1-5H3. The van der Waals surface area contributed by atoms with Crippen LogP contribution >= 0.6 is 0 Å². The van der Waals surface area contributed by atoms with Gasteiger partial charge in [-0.25, -0.2) is 0 Å². The predicted octanol–water partition coefficient (Wildman–Crippen LogP) is 1.48. The van der Waals surface area contributed by atoms with Crippen LogP contribution in [0.4, 0.5) is 0 Å². The summed E-state index contributed by atoms with van der Waals surface area (Å²) >= 11 is 0. The van der Waals surface area contributed by atoms with Gasteiger partial charge in [0.2, 0.25) is 0 Å². The first-order valence-electron chi connectivity index (χ1n) is 6.24. The van der Waals surface area contributed by atoms with Crippen molar-refractivity contribution in [2.24, 2.45) is 12.5 Å². The molecule has 1 aromatic rings. The Hall–Kier alpha value is -0.870. The minimum Gasteiger partial charge on any atom is -0.391 e. The Kier molecular flexibility index (Phi) is 4.71. The molecular weight excluding hydrogens is 214 g/mol. The van der Waals surface area contributed by atoms with Crippen molar-refractivity contribution in [3.05, 3.63) is 17.5 Å². The van der Waals surface area contributed by atoms with Crippen LogP contribution in [-0.4, -0.2) is 27.5 Å². The molecule has 0 amide bonds. The summed E-state index contributed by atoms with van der Waals surface area (Å²) in [4.78, 5) is 0. The Morgan fingerprint density at radius 1 is 1.47 bits per heavy atom. The van der Waals surface area contributed by atoms with Crippen LogP contribution < -0.4 is 5.32 Å². The Balaban J connectivity index is 2.46. The van der Waals surface area contributed by atoms with E-state index >= 15 is 0 Å². The molecule has 0 aliphatic carbocycles. The Morgan fingerprint density at radius 3 is 2.65 bits per heavy atom. The summed E-state index contributed by atoms with van der Waals surface area (Å²) in [7, 11) is 1.94. The predicted molar refractivity (Wildman–Crippen MR) is 69.8 cm³/mol. The second-order valence-electron chi connectivity index (χ2n) is 5.64. The highest BCUT2D eigenvalue weighted by Crippen LogP contribution is 2.18. The zero-order valence-corrected chi connectivity index (χ0v) is 11.6. The van der Waals surface area contributed by atoms with Crippen LogP contribution in [0.3, 0.4) is 0 Å². The molecule has 2 N–H and O–H groups in total. The Morgan fingerprint density at radius 2 is 2.12 bits per heavy atom. The molecule has 0 fully saturated rings. The summed E-state index contributed by atoms with van der Waals surface area (Å²) in [5.41, 5.74) is 2.27. The normalized spacial score (nSPS) is 14.0. The summed E-state index contributed by atoms with van der Waals surface area (Å²) in [5.74, 6) is 0. The van der Waals surface area contributed by atoms with Gasteiger partial charge in [-0.1, -0.05) is 27.7 Å². The van der Waals surface area contributed by atoms with Gasteiger partial charge in [0.25, 0.3) is 0 Å². The fourth-order valence-electron chi connectivity index (χ4n) is 1.68. The average Bonchev–Trinajstić information content (AvgIpc) is 2.57. The van der Waals surface area contributed by atoms with Gasteiger partial charge in [0.15, 0.2) is 0 Å². The smallest absolute Gasteiger partial charge is 0.0712 e. The number of hydrogen-bond donors (Lipinski definition) is 2. The average molecular weight is 239 g/mol. The van der Waals surface area contributed by atoms with Crippen LogP contribution in [-0.2, 0) is 20.0 Å². The van der Waals surface area contributed by atoms with Gasteiger partial charge in [0.05, 0.1) is 11.8 Å². The maximum absolute atomic E-state index is 9.91. The third-order valence-electron chi connectivity index (χ3n) is 2.98. The molecule has 1 rings (SSSR count). The van der Waals surface area contributed by atoms with Gasteiger partial charge in [0.1, 0.15) is 0 Å². The molecule has 1 aromatic heterocycles. The van der Waals surface area contributed by atoms with E-state index in [9.17, 15) is 5.11 Å². The first kappa shape index (κ1) is 14.2. The number of aryl methyl sites for hydroxylation is 2. The Bertz CT molecular complexity index is 352. The van der Waals surface area contributed by atoms with Gasteiger partial charge in [-0.2, -0.15) is 5.10 Å². The third kappa shape index (κ3) is 4.13. The van der Waals surface area contributed by atoms with E-state index in [-0.39, 0.29) is 11.5 Å². The van der Waals surface area contributed by atoms with Crippen LogP contribution in [0.15, 0.2) is 6.20 Å². The number of rotatable bonds is 5. The summed E-state index contributed by atoms with van der Waals surface area (Å²) < 4.78 is 1.84. The van der Waals surface area contributed by atoms with Crippen LogP contribution in [0.25, 0.3) is 0 Å². The molecule has 0 saturated heterocycles. The largest absolute Gasteiger partial charge is 0.391 e. The summed E-state index contributed by atoms with van der Waals surface area (Å²) in [6.07, 6.45) is 2.65. The maximum Gasteiger partial charge on any atom is 0.0712 e. The lowest BCUT2D eigenvalue weighted by Gasteiger charge is -2.26. The first-order chi connectivity index (χ1) is 7.84. The topological polar surface area (TPSA) is 50.1 Å². The number of nitrogens with one attached hydrogen (secondary N) is 1. The van der Waals surface area contributed by atoms with Crippen molar-refractivity contribution in [3.8, 4) is 0 Å². The highest BCUT2D eigenvalue weighted by Gasteiger charge is 2.21. The molecule has 0 saturated carbocycles. The lowest BCUT2D eigenvalue weighted by atomic mass is 9.89. The quantitative estimate of drug-likeness (QED) is 0.818. The molecule has 1 heterocycles. The molecule has 4 heteroatoms. The van der Waals surface area contributed by atoms with Gasteiger partial charge < -0.3 is 10.4 Å². The Labute approximate surface area is 104 Å². The van der Waals surface area contributed by atoms with Crippen molar-refractivity contribution in [1.29, 1.82) is 0 Å². The highest BCUT2D eigenvalue weighted by molar-refractivity contribution is 5.16. The zero-order chi connectivity index (χ0) is 13.1. The number of aromatic nitrogens is 2.